The van der Waals surface area contributed by atoms with Crippen molar-refractivity contribution in [2.45, 2.75) is 19.8 Å². The Labute approximate surface area is 111 Å². The largest absolute Gasteiger partial charge is 0.496 e. The lowest BCUT2D eigenvalue weighted by molar-refractivity contribution is 0.0978. The first-order valence-corrected chi connectivity index (χ1v) is 6.15. The van der Waals surface area contributed by atoms with Crippen LogP contribution in [0.1, 0.15) is 40.7 Å². The maximum absolute atomic E-state index is 12.0. The fraction of sp³-hybridized carbons (Fsp3) is 0.357. The summed E-state index contributed by atoms with van der Waals surface area (Å²) in [4.78, 5) is 27.1. The fourth-order valence-corrected chi connectivity index (χ4v) is 2.09. The lowest BCUT2D eigenvalue weighted by atomic mass is 10.0. The maximum atomic E-state index is 12.0. The molecule has 0 aliphatic carbocycles. The molecule has 0 bridgehead atoms. The number of ether oxygens (including phenoxy) is 1. The van der Waals surface area contributed by atoms with E-state index in [0.29, 0.717) is 35.4 Å². The van der Waals surface area contributed by atoms with Gasteiger partial charge in [0, 0.05) is 19.5 Å². The van der Waals surface area contributed by atoms with E-state index in [1.165, 1.54) is 7.11 Å². The van der Waals surface area contributed by atoms with Crippen molar-refractivity contribution in [2.24, 2.45) is 7.05 Å². The number of hydrogen-bond donors (Lipinski definition) is 0. The number of benzene rings is 1. The van der Waals surface area contributed by atoms with Crippen molar-refractivity contribution in [1.29, 1.82) is 0 Å². The first kappa shape index (κ1) is 13.3. The number of fused-ring (bicyclic) bond motifs is 1. The molecule has 2 aromatic rings. The zero-order valence-electron chi connectivity index (χ0n) is 11.3. The number of ketones is 1. The number of rotatable bonds is 5. The highest BCUT2D eigenvalue weighted by Gasteiger charge is 2.16. The molecular weight excluding hydrogens is 244 g/mol. The molecule has 0 radical (unpaired) electrons. The Hall–Kier alpha value is -2.17. The number of aryl methyl sites for hydroxylation is 1. The number of aldehydes is 1. The second-order valence-corrected chi connectivity index (χ2v) is 4.36. The number of nitrogens with zero attached hydrogens (tertiary/aromatic N) is 2. The van der Waals surface area contributed by atoms with Gasteiger partial charge in [0.25, 0.3) is 0 Å². The van der Waals surface area contributed by atoms with Crippen LogP contribution < -0.4 is 4.74 Å². The Balaban J connectivity index is 2.65. The molecule has 0 unspecified atom stereocenters. The molecule has 1 aromatic carbocycles. The average molecular weight is 260 g/mol. The van der Waals surface area contributed by atoms with E-state index in [1.807, 2.05) is 6.92 Å². The molecule has 0 aliphatic heterocycles. The van der Waals surface area contributed by atoms with Crippen LogP contribution in [-0.2, 0) is 7.05 Å². The topological polar surface area (TPSA) is 61.2 Å². The van der Waals surface area contributed by atoms with Crippen LogP contribution in [0.5, 0.6) is 5.75 Å². The molecule has 1 heterocycles. The highest BCUT2D eigenvalue weighted by atomic mass is 16.5. The third-order valence-corrected chi connectivity index (χ3v) is 3.12. The van der Waals surface area contributed by atoms with E-state index in [-0.39, 0.29) is 5.78 Å². The van der Waals surface area contributed by atoms with Crippen LogP contribution in [0.25, 0.3) is 11.0 Å². The van der Waals surface area contributed by atoms with Gasteiger partial charge in [0.05, 0.1) is 23.7 Å². The van der Waals surface area contributed by atoms with Crippen LogP contribution in [0.2, 0.25) is 0 Å². The van der Waals surface area contributed by atoms with E-state index in [0.717, 1.165) is 11.9 Å². The minimum atomic E-state index is 0.0274. The SMILES string of the molecule is CCCC(=O)c1cc2nc(C=O)n(C)c2cc1OC. The number of carbonyl (C=O) groups is 2. The van der Waals surface area contributed by atoms with E-state index in [9.17, 15) is 9.59 Å². The number of imidazole rings is 1. The van der Waals surface area contributed by atoms with Crippen LogP contribution in [-0.4, -0.2) is 28.7 Å². The van der Waals surface area contributed by atoms with E-state index in [1.54, 1.807) is 23.7 Å². The molecule has 5 heteroatoms. The maximum Gasteiger partial charge on any atom is 0.185 e. The Kier molecular flexibility index (Phi) is 3.64. The predicted molar refractivity (Wildman–Crippen MR) is 71.9 cm³/mol. The van der Waals surface area contributed by atoms with Crippen LogP contribution >= 0.6 is 0 Å². The van der Waals surface area contributed by atoms with E-state index in [2.05, 4.69) is 4.98 Å². The van der Waals surface area contributed by atoms with Gasteiger partial charge in [-0.1, -0.05) is 6.92 Å². The molecule has 0 amide bonds. The number of aromatic nitrogens is 2. The molecule has 0 N–H and O–H groups in total. The fourth-order valence-electron chi connectivity index (χ4n) is 2.09. The second-order valence-electron chi connectivity index (χ2n) is 4.36. The molecule has 0 atom stereocenters. The summed E-state index contributed by atoms with van der Waals surface area (Å²) in [6.07, 6.45) is 1.94. The summed E-state index contributed by atoms with van der Waals surface area (Å²) in [5.74, 6) is 0.878. The third kappa shape index (κ3) is 2.23. The number of Topliss-reactive ketones (excluding diaryl/α,β-unsaturated/α-hetero) is 1. The van der Waals surface area contributed by atoms with Gasteiger partial charge in [-0.15, -0.1) is 0 Å². The molecule has 0 aliphatic rings. The summed E-state index contributed by atoms with van der Waals surface area (Å²) in [5.41, 5.74) is 1.92. The monoisotopic (exact) mass is 260 g/mol. The number of hydrogen-bond acceptors (Lipinski definition) is 4. The Bertz CT molecular complexity index is 644. The molecule has 1 aromatic heterocycles. The van der Waals surface area contributed by atoms with Crippen molar-refractivity contribution in [1.82, 2.24) is 9.55 Å². The summed E-state index contributed by atoms with van der Waals surface area (Å²) in [5, 5.41) is 0. The minimum Gasteiger partial charge on any atom is -0.496 e. The van der Waals surface area contributed by atoms with Gasteiger partial charge < -0.3 is 9.30 Å². The van der Waals surface area contributed by atoms with Gasteiger partial charge in [-0.2, -0.15) is 0 Å². The van der Waals surface area contributed by atoms with Crippen molar-refractivity contribution in [3.8, 4) is 5.75 Å². The van der Waals surface area contributed by atoms with E-state index >= 15 is 0 Å². The van der Waals surface area contributed by atoms with E-state index < -0.39 is 0 Å². The molecule has 0 fully saturated rings. The Morgan fingerprint density at radius 2 is 2.21 bits per heavy atom. The highest BCUT2D eigenvalue weighted by molar-refractivity contribution is 6.02. The highest BCUT2D eigenvalue weighted by Crippen LogP contribution is 2.27. The van der Waals surface area contributed by atoms with Crippen LogP contribution in [0.4, 0.5) is 0 Å². The first-order valence-electron chi connectivity index (χ1n) is 6.15. The molecule has 5 nitrogen and oxygen atoms in total. The summed E-state index contributed by atoms with van der Waals surface area (Å²) in [6.45, 7) is 1.95. The molecule has 19 heavy (non-hydrogen) atoms. The van der Waals surface area contributed by atoms with Gasteiger partial charge in [0.1, 0.15) is 5.75 Å². The quantitative estimate of drug-likeness (QED) is 0.611. The van der Waals surface area contributed by atoms with Crippen LogP contribution in [0, 0.1) is 0 Å². The lowest BCUT2D eigenvalue weighted by Crippen LogP contribution is -2.02. The second kappa shape index (κ2) is 5.22. The van der Waals surface area contributed by atoms with Crippen molar-refractivity contribution in [3.05, 3.63) is 23.5 Å². The zero-order chi connectivity index (χ0) is 14.0. The molecule has 2 rings (SSSR count). The Morgan fingerprint density at radius 1 is 1.47 bits per heavy atom. The van der Waals surface area contributed by atoms with Gasteiger partial charge in [-0.25, -0.2) is 4.98 Å². The molecule has 0 spiro atoms. The normalized spacial score (nSPS) is 10.7. The van der Waals surface area contributed by atoms with Gasteiger partial charge in [-0.3, -0.25) is 9.59 Å². The van der Waals surface area contributed by atoms with Gasteiger partial charge in [0.15, 0.2) is 17.9 Å². The summed E-state index contributed by atoms with van der Waals surface area (Å²) < 4.78 is 6.95. The van der Waals surface area contributed by atoms with Crippen LogP contribution in [0.15, 0.2) is 12.1 Å². The molecule has 0 saturated heterocycles. The third-order valence-electron chi connectivity index (χ3n) is 3.12. The predicted octanol–water partition coefficient (Wildman–Crippen LogP) is 2.38. The molecule has 0 saturated carbocycles. The zero-order valence-corrected chi connectivity index (χ0v) is 11.3. The first-order chi connectivity index (χ1) is 9.12. The lowest BCUT2D eigenvalue weighted by Gasteiger charge is -2.08. The number of methoxy groups -OCH3 is 1. The average Bonchev–Trinajstić information content (AvgIpc) is 2.73. The standard InChI is InChI=1S/C14H16N2O3/c1-4-5-12(18)9-6-10-11(7-13(9)19-3)16(2)14(8-17)15-10/h6-8H,4-5H2,1-3H3. The number of carbonyl (C=O) groups excluding carboxylic acids is 2. The van der Waals surface area contributed by atoms with Crippen molar-refractivity contribution >= 4 is 23.1 Å². The Morgan fingerprint density at radius 3 is 2.79 bits per heavy atom. The van der Waals surface area contributed by atoms with E-state index in [4.69, 9.17) is 4.74 Å². The minimum absolute atomic E-state index is 0.0274. The van der Waals surface area contributed by atoms with Crippen molar-refractivity contribution in [2.75, 3.05) is 7.11 Å². The van der Waals surface area contributed by atoms with Crippen molar-refractivity contribution in [3.63, 3.8) is 0 Å². The van der Waals surface area contributed by atoms with Gasteiger partial charge in [0.2, 0.25) is 0 Å². The van der Waals surface area contributed by atoms with Crippen molar-refractivity contribution < 1.29 is 14.3 Å². The van der Waals surface area contributed by atoms with Crippen LogP contribution in [0.3, 0.4) is 0 Å². The van der Waals surface area contributed by atoms with Gasteiger partial charge in [-0.05, 0) is 12.5 Å². The smallest absolute Gasteiger partial charge is 0.185 e. The summed E-state index contributed by atoms with van der Waals surface area (Å²) in [6, 6.07) is 3.44. The summed E-state index contributed by atoms with van der Waals surface area (Å²) in [7, 11) is 3.28. The van der Waals surface area contributed by atoms with Gasteiger partial charge >= 0.3 is 0 Å². The summed E-state index contributed by atoms with van der Waals surface area (Å²) >= 11 is 0. The molecule has 100 valence electrons. The molecular formula is C14H16N2O3.